The van der Waals surface area contributed by atoms with Gasteiger partial charge in [-0.2, -0.15) is 5.10 Å². The van der Waals surface area contributed by atoms with Gasteiger partial charge in [0.2, 0.25) is 0 Å². The topological polar surface area (TPSA) is 89.7 Å². The number of imidazole rings is 1. The summed E-state index contributed by atoms with van der Waals surface area (Å²) in [6.45, 7) is 2.82. The van der Waals surface area contributed by atoms with Crippen LogP contribution in [0.4, 0.5) is 18.3 Å². The molecule has 0 fully saturated rings. The zero-order valence-electron chi connectivity index (χ0n) is 22.9. The van der Waals surface area contributed by atoms with Gasteiger partial charge in [0.25, 0.3) is 12.3 Å². The molecule has 0 saturated carbocycles. The number of alkyl halides is 3. The van der Waals surface area contributed by atoms with Crippen LogP contribution in [0.15, 0.2) is 54.4 Å². The number of anilines is 1. The molecule has 2 N–H and O–H groups in total. The molecule has 1 aliphatic rings. The van der Waals surface area contributed by atoms with Gasteiger partial charge >= 0.3 is 0 Å². The molecule has 5 aromatic rings. The highest BCUT2D eigenvalue weighted by atomic mass is 35.5. The van der Waals surface area contributed by atoms with Crippen LogP contribution in [0.2, 0.25) is 0 Å². The maximum Gasteiger partial charge on any atom is 0.264 e. The Morgan fingerprint density at radius 3 is 2.69 bits per heavy atom. The smallest absolute Gasteiger partial charge is 0.264 e. The number of carbonyl (C=O) groups excluding carboxylic acids is 1. The second-order valence-corrected chi connectivity index (χ2v) is 11.0. The molecule has 220 valence electrons. The summed E-state index contributed by atoms with van der Waals surface area (Å²) in [5, 5.41) is 12.9. The molecule has 0 saturated heterocycles. The first-order valence-electron chi connectivity index (χ1n) is 13.3. The van der Waals surface area contributed by atoms with Crippen molar-refractivity contribution >= 4 is 45.7 Å². The molecular formula is C29H29ClF3N7OS. The Morgan fingerprint density at radius 1 is 1.21 bits per heavy atom. The Balaban J connectivity index is 0.00000353. The summed E-state index contributed by atoms with van der Waals surface area (Å²) in [7, 11) is 1.89. The van der Waals surface area contributed by atoms with Gasteiger partial charge < -0.3 is 9.88 Å². The summed E-state index contributed by atoms with van der Waals surface area (Å²) in [5.41, 5.74) is 4.40. The molecule has 1 unspecified atom stereocenters. The first kappa shape index (κ1) is 29.7. The predicted molar refractivity (Wildman–Crippen MR) is 159 cm³/mol. The van der Waals surface area contributed by atoms with Crippen molar-refractivity contribution in [3.05, 3.63) is 82.5 Å². The lowest BCUT2D eigenvalue weighted by Gasteiger charge is -2.16. The van der Waals surface area contributed by atoms with Crippen LogP contribution >= 0.6 is 23.7 Å². The van der Waals surface area contributed by atoms with Crippen molar-refractivity contribution in [2.45, 2.75) is 44.9 Å². The lowest BCUT2D eigenvalue weighted by Crippen LogP contribution is -2.28. The third-order valence-corrected chi connectivity index (χ3v) is 8.18. The predicted octanol–water partition coefficient (Wildman–Crippen LogP) is 5.91. The molecule has 13 heteroatoms. The molecule has 0 spiro atoms. The third kappa shape index (κ3) is 5.53. The lowest BCUT2D eigenvalue weighted by molar-refractivity contribution is -0.118. The Hall–Kier alpha value is -3.74. The van der Waals surface area contributed by atoms with Gasteiger partial charge in [-0.15, -0.1) is 23.7 Å². The molecule has 0 aliphatic carbocycles. The molecule has 42 heavy (non-hydrogen) atoms. The molecule has 1 amide bonds. The Kier molecular flexibility index (Phi) is 8.67. The van der Waals surface area contributed by atoms with Gasteiger partial charge in [0.1, 0.15) is 6.17 Å². The van der Waals surface area contributed by atoms with E-state index in [1.807, 2.05) is 38.2 Å². The van der Waals surface area contributed by atoms with E-state index in [1.54, 1.807) is 16.1 Å². The summed E-state index contributed by atoms with van der Waals surface area (Å²) in [6.07, 6.45) is 1.63. The third-order valence-electron chi connectivity index (χ3n) is 7.49. The van der Waals surface area contributed by atoms with E-state index in [2.05, 4.69) is 20.6 Å². The quantitative estimate of drug-likeness (QED) is 0.215. The fourth-order valence-electron chi connectivity index (χ4n) is 5.43. The van der Waals surface area contributed by atoms with E-state index >= 15 is 0 Å². The SMILES string of the molecule is CNCCc1ccc(-c2cc(C(F)F)c3cn(C(C(=O)Nc4nccs4)c4ncn5c4C[C@@H](F)C5)nc3c2C)cc1.Cl. The minimum atomic E-state index is -2.77. The minimum Gasteiger partial charge on any atom is -0.331 e. The average molecular weight is 616 g/mol. The van der Waals surface area contributed by atoms with Crippen LogP contribution in [0.1, 0.15) is 40.5 Å². The van der Waals surface area contributed by atoms with Crippen LogP contribution in [-0.2, 0) is 24.2 Å². The Morgan fingerprint density at radius 2 is 2.00 bits per heavy atom. The number of aryl methyl sites for hydroxylation is 1. The van der Waals surface area contributed by atoms with Crippen LogP contribution in [-0.4, -0.2) is 50.0 Å². The molecule has 3 aromatic heterocycles. The van der Waals surface area contributed by atoms with Crippen molar-refractivity contribution in [3.8, 4) is 11.1 Å². The summed E-state index contributed by atoms with van der Waals surface area (Å²) in [5.74, 6) is -0.495. The van der Waals surface area contributed by atoms with Gasteiger partial charge in [-0.05, 0) is 55.3 Å². The molecule has 8 nitrogen and oxygen atoms in total. The van der Waals surface area contributed by atoms with E-state index < -0.39 is 24.5 Å². The van der Waals surface area contributed by atoms with Gasteiger partial charge in [-0.25, -0.2) is 23.1 Å². The number of aromatic nitrogens is 5. The van der Waals surface area contributed by atoms with Crippen molar-refractivity contribution in [1.82, 2.24) is 29.6 Å². The number of carbonyl (C=O) groups is 1. The summed E-state index contributed by atoms with van der Waals surface area (Å²) in [4.78, 5) is 22.2. The molecule has 4 heterocycles. The fourth-order valence-corrected chi connectivity index (χ4v) is 5.96. The highest BCUT2D eigenvalue weighted by Crippen LogP contribution is 2.38. The second kappa shape index (κ2) is 12.2. The van der Waals surface area contributed by atoms with Gasteiger partial charge in [-0.1, -0.05) is 24.3 Å². The zero-order chi connectivity index (χ0) is 28.7. The van der Waals surface area contributed by atoms with Crippen molar-refractivity contribution in [3.63, 3.8) is 0 Å². The van der Waals surface area contributed by atoms with Crippen LogP contribution in [0, 0.1) is 6.92 Å². The monoisotopic (exact) mass is 615 g/mol. The Bertz CT molecular complexity index is 1700. The van der Waals surface area contributed by atoms with E-state index in [-0.39, 0.29) is 36.3 Å². The highest BCUT2D eigenvalue weighted by molar-refractivity contribution is 7.13. The number of halogens is 4. The Labute approximate surface area is 250 Å². The number of benzene rings is 2. The van der Waals surface area contributed by atoms with Crippen LogP contribution in [0.3, 0.4) is 0 Å². The van der Waals surface area contributed by atoms with E-state index in [0.717, 1.165) is 24.1 Å². The summed E-state index contributed by atoms with van der Waals surface area (Å²) >= 11 is 1.24. The first-order valence-corrected chi connectivity index (χ1v) is 14.1. The maximum atomic E-state index is 14.5. The average Bonchev–Trinajstić information content (AvgIpc) is 3.75. The normalized spacial score (nSPS) is 15.1. The van der Waals surface area contributed by atoms with Gasteiger partial charge in [0.05, 0.1) is 24.1 Å². The lowest BCUT2D eigenvalue weighted by atomic mass is 9.94. The molecule has 1 aliphatic heterocycles. The molecule has 2 aromatic carbocycles. The second-order valence-electron chi connectivity index (χ2n) is 10.1. The number of thiazole rings is 1. The van der Waals surface area contributed by atoms with E-state index in [0.29, 0.717) is 33.2 Å². The van der Waals surface area contributed by atoms with E-state index in [4.69, 9.17) is 5.10 Å². The van der Waals surface area contributed by atoms with Crippen molar-refractivity contribution in [2.24, 2.45) is 0 Å². The fraction of sp³-hybridized carbons (Fsp3) is 0.310. The number of nitrogens with zero attached hydrogens (tertiary/aromatic N) is 5. The standard InChI is InChI=1S/C29H28F3N7OS.ClH/c1-16-20(18-5-3-17(4-6-18)7-8-33-2)12-21(27(31)32)22-14-39(37-24(16)22)26(28(40)36-29-34-9-10-41-29)25-23-11-19(30)13-38(23)15-35-25;/h3-6,9-10,12,14-15,19,26-27,33H,7-8,11,13H2,1-2H3,(H,34,36,40);1H/t19-,26?;/m1./s1. The number of nitrogens with one attached hydrogen (secondary N) is 2. The first-order chi connectivity index (χ1) is 19.8. The molecule has 0 radical (unpaired) electrons. The number of rotatable bonds is 9. The van der Waals surface area contributed by atoms with Crippen molar-refractivity contribution in [2.75, 3.05) is 18.9 Å². The van der Waals surface area contributed by atoms with Crippen molar-refractivity contribution in [1.29, 1.82) is 0 Å². The zero-order valence-corrected chi connectivity index (χ0v) is 24.5. The molecular weight excluding hydrogens is 587 g/mol. The van der Waals surface area contributed by atoms with E-state index in [1.165, 1.54) is 34.6 Å². The maximum absolute atomic E-state index is 14.5. The highest BCUT2D eigenvalue weighted by Gasteiger charge is 2.35. The van der Waals surface area contributed by atoms with E-state index in [9.17, 15) is 18.0 Å². The minimum absolute atomic E-state index is 0. The largest absolute Gasteiger partial charge is 0.331 e. The summed E-state index contributed by atoms with van der Waals surface area (Å²) < 4.78 is 46.3. The van der Waals surface area contributed by atoms with Gasteiger partial charge in [0.15, 0.2) is 11.2 Å². The number of fused-ring (bicyclic) bond motifs is 2. The number of hydrogen-bond donors (Lipinski definition) is 2. The molecule has 0 bridgehead atoms. The van der Waals surface area contributed by atoms with Gasteiger partial charge in [-0.3, -0.25) is 14.8 Å². The van der Waals surface area contributed by atoms with Crippen LogP contribution in [0.25, 0.3) is 22.0 Å². The van der Waals surface area contributed by atoms with Crippen molar-refractivity contribution < 1.29 is 18.0 Å². The molecule has 6 rings (SSSR count). The van der Waals surface area contributed by atoms with Crippen LogP contribution < -0.4 is 10.6 Å². The summed E-state index contributed by atoms with van der Waals surface area (Å²) in [6, 6.07) is 8.23. The van der Waals surface area contributed by atoms with Crippen LogP contribution in [0.5, 0.6) is 0 Å². The number of likely N-dealkylation sites (N-methyl/N-ethyl adjacent to an activating group) is 1. The number of amides is 1. The van der Waals surface area contributed by atoms with Gasteiger partial charge in [0, 0.05) is 40.8 Å². The molecule has 2 atom stereocenters. The number of hydrogen-bond acceptors (Lipinski definition) is 6.